The quantitative estimate of drug-likeness (QED) is 0.609. The first-order valence-corrected chi connectivity index (χ1v) is 9.00. The summed E-state index contributed by atoms with van der Waals surface area (Å²) in [6, 6.07) is 15.3. The van der Waals surface area contributed by atoms with E-state index in [9.17, 15) is 14.4 Å². The van der Waals surface area contributed by atoms with E-state index in [-0.39, 0.29) is 17.4 Å². The third-order valence-corrected chi connectivity index (χ3v) is 3.86. The maximum absolute atomic E-state index is 12.9. The monoisotopic (exact) mass is 380 g/mol. The molecule has 2 aromatic carbocycles. The molecule has 28 heavy (non-hydrogen) atoms. The number of para-hydroxylation sites is 1. The van der Waals surface area contributed by atoms with Crippen LogP contribution in [-0.2, 0) is 11.2 Å². The zero-order chi connectivity index (χ0) is 20.5. The molecule has 2 rings (SSSR count). The van der Waals surface area contributed by atoms with Gasteiger partial charge >= 0.3 is 12.0 Å². The zero-order valence-corrected chi connectivity index (χ0v) is 16.2. The number of amides is 3. The van der Waals surface area contributed by atoms with Gasteiger partial charge in [0.25, 0.3) is 5.91 Å². The van der Waals surface area contributed by atoms with E-state index in [0.717, 1.165) is 10.5 Å². The number of carbonyl (C=O) groups is 3. The van der Waals surface area contributed by atoms with Gasteiger partial charge < -0.3 is 10.1 Å². The van der Waals surface area contributed by atoms with Crippen molar-refractivity contribution in [2.24, 2.45) is 0 Å². The van der Waals surface area contributed by atoms with Crippen LogP contribution in [0.4, 0.5) is 4.79 Å². The summed E-state index contributed by atoms with van der Waals surface area (Å²) in [5.74, 6) is -1.02. The van der Waals surface area contributed by atoms with E-state index >= 15 is 0 Å². The Kier molecular flexibility index (Phi) is 7.51. The summed E-state index contributed by atoms with van der Waals surface area (Å²) in [5.41, 5.74) is 1.21. The molecule has 0 aromatic heterocycles. The average molecular weight is 380 g/mol. The second kappa shape index (κ2) is 10.1. The van der Waals surface area contributed by atoms with Crippen LogP contribution in [-0.4, -0.2) is 28.8 Å². The van der Waals surface area contributed by atoms with Crippen LogP contribution < -0.4 is 10.1 Å². The molecule has 2 aromatic rings. The van der Waals surface area contributed by atoms with Gasteiger partial charge in [0.15, 0.2) is 0 Å². The Morgan fingerprint density at radius 2 is 1.71 bits per heavy atom. The van der Waals surface area contributed by atoms with Gasteiger partial charge in [0.05, 0.1) is 5.56 Å². The molecule has 0 spiro atoms. The standard InChI is InChI=1S/C22H24N2O4/c1-4-14-24(21(26)19-12-8-9-13-20(19)28-17(3)25)22(27)23-16(2)15-18-10-6-5-7-11-18/h4-14,16H,15H2,1-3H3,(H,23,27). The predicted octanol–water partition coefficient (Wildman–Crippen LogP) is 3.93. The van der Waals surface area contributed by atoms with Crippen LogP contribution in [0.25, 0.3) is 0 Å². The molecule has 0 saturated heterocycles. The third kappa shape index (κ3) is 5.81. The molecule has 0 aliphatic heterocycles. The number of urea groups is 1. The molecule has 1 atom stereocenters. The highest BCUT2D eigenvalue weighted by atomic mass is 16.5. The second-order valence-corrected chi connectivity index (χ2v) is 6.29. The number of rotatable bonds is 6. The Labute approximate surface area is 164 Å². The van der Waals surface area contributed by atoms with Crippen LogP contribution in [0.5, 0.6) is 5.75 Å². The Bertz CT molecular complexity index is 862. The van der Waals surface area contributed by atoms with Gasteiger partial charge in [0.1, 0.15) is 5.75 Å². The molecule has 6 nitrogen and oxygen atoms in total. The summed E-state index contributed by atoms with van der Waals surface area (Å²) in [6.45, 7) is 4.83. The summed E-state index contributed by atoms with van der Waals surface area (Å²) in [5, 5.41) is 2.83. The van der Waals surface area contributed by atoms with Crippen LogP contribution in [0.1, 0.15) is 36.7 Å². The molecule has 0 aliphatic carbocycles. The highest BCUT2D eigenvalue weighted by Gasteiger charge is 2.25. The fraction of sp³-hybridized carbons (Fsp3) is 0.227. The maximum atomic E-state index is 12.9. The summed E-state index contributed by atoms with van der Waals surface area (Å²) >= 11 is 0. The largest absolute Gasteiger partial charge is 0.426 e. The van der Waals surface area contributed by atoms with Crippen molar-refractivity contribution in [1.82, 2.24) is 10.2 Å². The number of imide groups is 1. The predicted molar refractivity (Wildman–Crippen MR) is 107 cm³/mol. The minimum absolute atomic E-state index is 0.111. The number of carbonyl (C=O) groups excluding carboxylic acids is 3. The van der Waals surface area contributed by atoms with Gasteiger partial charge in [-0.2, -0.15) is 0 Å². The van der Waals surface area contributed by atoms with Crippen LogP contribution in [0, 0.1) is 0 Å². The number of hydrogen-bond donors (Lipinski definition) is 1. The smallest absolute Gasteiger partial charge is 0.328 e. The topological polar surface area (TPSA) is 75.7 Å². The lowest BCUT2D eigenvalue weighted by molar-refractivity contribution is -0.131. The minimum atomic E-state index is -0.584. The van der Waals surface area contributed by atoms with Crippen molar-refractivity contribution < 1.29 is 19.1 Å². The number of nitrogens with zero attached hydrogens (tertiary/aromatic N) is 1. The van der Waals surface area contributed by atoms with E-state index in [1.807, 2.05) is 37.3 Å². The number of allylic oxidation sites excluding steroid dienone is 1. The molecule has 0 heterocycles. The number of hydrogen-bond acceptors (Lipinski definition) is 4. The zero-order valence-electron chi connectivity index (χ0n) is 16.2. The van der Waals surface area contributed by atoms with Crippen molar-refractivity contribution in [3.63, 3.8) is 0 Å². The van der Waals surface area contributed by atoms with Crippen molar-refractivity contribution in [2.75, 3.05) is 0 Å². The van der Waals surface area contributed by atoms with E-state index in [1.54, 1.807) is 25.1 Å². The molecular weight excluding hydrogens is 356 g/mol. The molecule has 0 saturated carbocycles. The summed E-state index contributed by atoms with van der Waals surface area (Å²) in [4.78, 5) is 37.9. The molecule has 1 N–H and O–H groups in total. The van der Waals surface area contributed by atoms with E-state index in [2.05, 4.69) is 5.32 Å². The van der Waals surface area contributed by atoms with E-state index < -0.39 is 17.9 Å². The number of benzene rings is 2. The van der Waals surface area contributed by atoms with Gasteiger partial charge in [-0.25, -0.2) is 9.69 Å². The van der Waals surface area contributed by atoms with Gasteiger partial charge in [-0.05, 0) is 38.0 Å². The first-order valence-electron chi connectivity index (χ1n) is 9.00. The van der Waals surface area contributed by atoms with Crippen LogP contribution in [0.3, 0.4) is 0 Å². The molecule has 6 heteroatoms. The summed E-state index contributed by atoms with van der Waals surface area (Å²) < 4.78 is 5.09. The van der Waals surface area contributed by atoms with E-state index in [1.165, 1.54) is 25.3 Å². The van der Waals surface area contributed by atoms with E-state index in [4.69, 9.17) is 4.74 Å². The van der Waals surface area contributed by atoms with Gasteiger partial charge in [-0.1, -0.05) is 48.5 Å². The van der Waals surface area contributed by atoms with E-state index in [0.29, 0.717) is 6.42 Å². The SMILES string of the molecule is CC=CN(C(=O)NC(C)Cc1ccccc1)C(=O)c1ccccc1OC(C)=O. The highest BCUT2D eigenvalue weighted by molar-refractivity contribution is 6.07. The fourth-order valence-electron chi connectivity index (χ4n) is 2.69. The molecule has 0 radical (unpaired) electrons. The average Bonchev–Trinajstić information content (AvgIpc) is 2.66. The lowest BCUT2D eigenvalue weighted by atomic mass is 10.1. The molecular formula is C22H24N2O4. The molecule has 0 aliphatic rings. The van der Waals surface area contributed by atoms with Crippen molar-refractivity contribution >= 4 is 17.9 Å². The third-order valence-electron chi connectivity index (χ3n) is 3.86. The molecule has 1 unspecified atom stereocenters. The van der Waals surface area contributed by atoms with Crippen LogP contribution in [0.15, 0.2) is 66.9 Å². The summed E-state index contributed by atoms with van der Waals surface area (Å²) in [6.07, 6.45) is 3.61. The molecule has 0 fully saturated rings. The first-order chi connectivity index (χ1) is 13.4. The fourth-order valence-corrected chi connectivity index (χ4v) is 2.69. The Morgan fingerprint density at radius 1 is 1.07 bits per heavy atom. The maximum Gasteiger partial charge on any atom is 0.328 e. The van der Waals surface area contributed by atoms with Crippen molar-refractivity contribution in [3.8, 4) is 5.75 Å². The van der Waals surface area contributed by atoms with Gasteiger partial charge in [0, 0.05) is 19.2 Å². The minimum Gasteiger partial charge on any atom is -0.426 e. The highest BCUT2D eigenvalue weighted by Crippen LogP contribution is 2.20. The lowest BCUT2D eigenvalue weighted by Gasteiger charge is -2.21. The molecule has 0 bridgehead atoms. The van der Waals surface area contributed by atoms with Gasteiger partial charge in [-0.15, -0.1) is 0 Å². The normalized spacial score (nSPS) is 11.7. The number of ether oxygens (including phenoxy) is 1. The second-order valence-electron chi connectivity index (χ2n) is 6.29. The van der Waals surface area contributed by atoms with Gasteiger partial charge in [0.2, 0.25) is 0 Å². The summed E-state index contributed by atoms with van der Waals surface area (Å²) in [7, 11) is 0. The lowest BCUT2D eigenvalue weighted by Crippen LogP contribution is -2.44. The van der Waals surface area contributed by atoms with Crippen molar-refractivity contribution in [2.45, 2.75) is 33.2 Å². The molecule has 3 amide bonds. The van der Waals surface area contributed by atoms with Crippen molar-refractivity contribution in [3.05, 3.63) is 78.0 Å². The van der Waals surface area contributed by atoms with Gasteiger partial charge in [-0.3, -0.25) is 9.59 Å². The molecule has 146 valence electrons. The Balaban J connectivity index is 2.16. The Morgan fingerprint density at radius 3 is 2.36 bits per heavy atom. The van der Waals surface area contributed by atoms with Crippen LogP contribution >= 0.6 is 0 Å². The Hall–Kier alpha value is -3.41. The number of nitrogens with one attached hydrogen (secondary N) is 1. The first kappa shape index (κ1) is 20.9. The van der Waals surface area contributed by atoms with Crippen LogP contribution in [0.2, 0.25) is 0 Å². The number of esters is 1. The van der Waals surface area contributed by atoms with Crippen molar-refractivity contribution in [1.29, 1.82) is 0 Å².